The van der Waals surface area contributed by atoms with Crippen molar-refractivity contribution in [1.29, 1.82) is 0 Å². The summed E-state index contributed by atoms with van der Waals surface area (Å²) in [5.74, 6) is 0.429. The molecule has 1 heterocycles. The van der Waals surface area contributed by atoms with Crippen molar-refractivity contribution < 1.29 is 0 Å². The van der Waals surface area contributed by atoms with Crippen LogP contribution < -0.4 is 11.1 Å². The van der Waals surface area contributed by atoms with Gasteiger partial charge >= 0.3 is 0 Å². The van der Waals surface area contributed by atoms with Crippen LogP contribution in [0.3, 0.4) is 0 Å². The van der Waals surface area contributed by atoms with E-state index in [0.29, 0.717) is 12.5 Å². The summed E-state index contributed by atoms with van der Waals surface area (Å²) in [6, 6.07) is 6.32. The molecule has 0 fully saturated rings. The summed E-state index contributed by atoms with van der Waals surface area (Å²) in [5, 5.41) is 7.23. The summed E-state index contributed by atoms with van der Waals surface area (Å²) in [7, 11) is 0. The molecule has 0 spiro atoms. The number of hydrogen-bond acceptors (Lipinski definition) is 4. The minimum absolute atomic E-state index is 0.429. The normalized spacial score (nSPS) is 11.7. The van der Waals surface area contributed by atoms with Crippen LogP contribution in [0, 0.1) is 6.92 Å². The van der Waals surface area contributed by atoms with Gasteiger partial charge < -0.3 is 11.1 Å². The van der Waals surface area contributed by atoms with Crippen LogP contribution in [-0.2, 0) is 19.4 Å². The van der Waals surface area contributed by atoms with Crippen molar-refractivity contribution in [2.75, 3.05) is 5.32 Å². The quantitative estimate of drug-likeness (QED) is 0.658. The molecule has 1 aromatic carbocycles. The first-order chi connectivity index (χ1) is 10.2. The van der Waals surface area contributed by atoms with Crippen LogP contribution in [0.5, 0.6) is 0 Å². The van der Waals surface area contributed by atoms with Gasteiger partial charge in [-0.25, -0.2) is 4.99 Å². The number of aryl methyl sites for hydroxylation is 3. The smallest absolute Gasteiger partial charge is 0.193 e. The van der Waals surface area contributed by atoms with Crippen LogP contribution in [0.1, 0.15) is 35.5 Å². The number of nitrogens with one attached hydrogen (secondary N) is 1. The molecule has 0 atom stereocenters. The van der Waals surface area contributed by atoms with Crippen LogP contribution in [0.4, 0.5) is 5.69 Å². The highest BCUT2D eigenvalue weighted by atomic mass is 32.1. The molecule has 0 saturated heterocycles. The molecular weight excluding hydrogens is 282 g/mol. The fraction of sp³-hybridized carbons (Fsp3) is 0.400. The molecule has 21 heavy (non-hydrogen) atoms. The monoisotopic (exact) mass is 303 g/mol. The largest absolute Gasteiger partial charge is 0.370 e. The van der Waals surface area contributed by atoms with Crippen molar-refractivity contribution in [3.8, 4) is 0 Å². The molecule has 0 bridgehead atoms. The van der Waals surface area contributed by atoms with Gasteiger partial charge in [-0.3, -0.25) is 0 Å². The van der Waals surface area contributed by atoms with Gasteiger partial charge in [0.05, 0.1) is 17.1 Å². The Morgan fingerprint density at radius 1 is 1.29 bits per heavy atom. The first-order valence-electron chi connectivity index (χ1n) is 7.11. The topological polar surface area (TPSA) is 76.2 Å². The molecular formula is C15H21N5S. The maximum atomic E-state index is 6.02. The van der Waals surface area contributed by atoms with Crippen molar-refractivity contribution in [1.82, 2.24) is 9.59 Å². The Bertz CT molecular complexity index is 610. The lowest BCUT2D eigenvalue weighted by atomic mass is 10.0. The number of anilines is 1. The summed E-state index contributed by atoms with van der Waals surface area (Å²) < 4.78 is 3.90. The van der Waals surface area contributed by atoms with Crippen LogP contribution >= 0.6 is 11.5 Å². The Morgan fingerprint density at radius 2 is 1.95 bits per heavy atom. The van der Waals surface area contributed by atoms with E-state index in [4.69, 9.17) is 5.73 Å². The highest BCUT2D eigenvalue weighted by Crippen LogP contribution is 2.22. The Kier molecular flexibility index (Phi) is 5.27. The lowest BCUT2D eigenvalue weighted by Gasteiger charge is -2.14. The van der Waals surface area contributed by atoms with Gasteiger partial charge in [0, 0.05) is 5.69 Å². The molecule has 112 valence electrons. The third-order valence-electron chi connectivity index (χ3n) is 3.39. The lowest BCUT2D eigenvalue weighted by molar-refractivity contribution is 1.02. The molecule has 6 heteroatoms. The average Bonchev–Trinajstić information content (AvgIpc) is 2.90. The van der Waals surface area contributed by atoms with E-state index < -0.39 is 0 Å². The highest BCUT2D eigenvalue weighted by Gasteiger charge is 2.07. The third kappa shape index (κ3) is 3.78. The second-order valence-electron chi connectivity index (χ2n) is 4.77. The summed E-state index contributed by atoms with van der Waals surface area (Å²) in [5.41, 5.74) is 10.5. The molecule has 2 rings (SSSR count). The minimum atomic E-state index is 0.429. The van der Waals surface area contributed by atoms with E-state index in [-0.39, 0.29) is 0 Å². The number of hydrogen-bond donors (Lipinski definition) is 2. The Balaban J connectivity index is 2.15. The highest BCUT2D eigenvalue weighted by molar-refractivity contribution is 7.05. The number of rotatable bonds is 5. The number of nitrogens with zero attached hydrogens (tertiary/aromatic N) is 3. The number of benzene rings is 1. The van der Waals surface area contributed by atoms with Gasteiger partial charge in [-0.05, 0) is 42.4 Å². The van der Waals surface area contributed by atoms with E-state index in [9.17, 15) is 0 Å². The third-order valence-corrected chi connectivity index (χ3v) is 4.20. The van der Waals surface area contributed by atoms with Gasteiger partial charge in [-0.15, -0.1) is 5.10 Å². The number of guanidine groups is 1. The Labute approximate surface area is 129 Å². The van der Waals surface area contributed by atoms with Crippen molar-refractivity contribution >= 4 is 23.2 Å². The van der Waals surface area contributed by atoms with Gasteiger partial charge in [0.2, 0.25) is 0 Å². The van der Waals surface area contributed by atoms with Crippen molar-refractivity contribution in [3.63, 3.8) is 0 Å². The number of para-hydroxylation sites is 1. The maximum absolute atomic E-state index is 6.02. The summed E-state index contributed by atoms with van der Waals surface area (Å²) in [6.45, 7) is 6.72. The summed E-state index contributed by atoms with van der Waals surface area (Å²) in [6.07, 6.45) is 1.92. The molecule has 0 amide bonds. The number of aromatic nitrogens is 2. The Hall–Kier alpha value is -1.95. The van der Waals surface area contributed by atoms with E-state index in [2.05, 4.69) is 51.9 Å². The van der Waals surface area contributed by atoms with E-state index in [1.807, 2.05) is 6.92 Å². The van der Waals surface area contributed by atoms with Crippen LogP contribution in [0.15, 0.2) is 23.2 Å². The molecule has 0 saturated carbocycles. The number of aliphatic imine (C=N–C) groups is 1. The molecule has 0 aliphatic rings. The molecule has 0 aliphatic carbocycles. The van der Waals surface area contributed by atoms with E-state index in [0.717, 1.165) is 29.1 Å². The molecule has 0 unspecified atom stereocenters. The summed E-state index contributed by atoms with van der Waals surface area (Å²) >= 11 is 1.36. The standard InChI is InChI=1S/C15H21N5S/c1-4-11-7-6-8-12(5-2)14(11)18-15(16)17-9-13-10(3)19-20-21-13/h6-8H,4-5,9H2,1-3H3,(H3,16,17,18). The van der Waals surface area contributed by atoms with Crippen LogP contribution in [0.25, 0.3) is 0 Å². The maximum Gasteiger partial charge on any atom is 0.193 e. The first kappa shape index (κ1) is 15.4. The number of nitrogens with two attached hydrogens (primary N) is 1. The van der Waals surface area contributed by atoms with Crippen LogP contribution in [-0.4, -0.2) is 15.5 Å². The zero-order chi connectivity index (χ0) is 15.2. The SMILES string of the molecule is CCc1cccc(CC)c1NC(N)=NCc1snnc1C. The van der Waals surface area contributed by atoms with E-state index >= 15 is 0 Å². The van der Waals surface area contributed by atoms with Crippen molar-refractivity contribution in [2.45, 2.75) is 40.2 Å². The molecule has 2 aromatic rings. The Morgan fingerprint density at radius 3 is 2.48 bits per heavy atom. The van der Waals surface area contributed by atoms with Gasteiger partial charge in [0.15, 0.2) is 5.96 Å². The zero-order valence-corrected chi connectivity index (χ0v) is 13.5. The van der Waals surface area contributed by atoms with E-state index in [1.54, 1.807) is 0 Å². The predicted molar refractivity (Wildman–Crippen MR) is 88.8 cm³/mol. The van der Waals surface area contributed by atoms with Crippen LogP contribution in [0.2, 0.25) is 0 Å². The molecule has 1 aromatic heterocycles. The molecule has 5 nitrogen and oxygen atoms in total. The van der Waals surface area contributed by atoms with Crippen molar-refractivity contribution in [3.05, 3.63) is 39.9 Å². The second kappa shape index (κ2) is 7.17. The lowest BCUT2D eigenvalue weighted by Crippen LogP contribution is -2.24. The predicted octanol–water partition coefficient (Wildman–Crippen LogP) is 2.90. The second-order valence-corrected chi connectivity index (χ2v) is 5.61. The van der Waals surface area contributed by atoms with Crippen molar-refractivity contribution in [2.24, 2.45) is 10.7 Å². The zero-order valence-electron chi connectivity index (χ0n) is 12.7. The summed E-state index contributed by atoms with van der Waals surface area (Å²) in [4.78, 5) is 5.43. The molecule has 3 N–H and O–H groups in total. The van der Waals surface area contributed by atoms with Gasteiger partial charge in [0.1, 0.15) is 0 Å². The molecule has 0 radical (unpaired) electrons. The van der Waals surface area contributed by atoms with Gasteiger partial charge in [-0.1, -0.05) is 36.5 Å². The molecule has 0 aliphatic heterocycles. The first-order valence-corrected chi connectivity index (χ1v) is 7.88. The average molecular weight is 303 g/mol. The fourth-order valence-electron chi connectivity index (χ4n) is 2.12. The van der Waals surface area contributed by atoms with E-state index in [1.165, 1.54) is 22.7 Å². The fourth-order valence-corrected chi connectivity index (χ4v) is 2.68. The minimum Gasteiger partial charge on any atom is -0.370 e. The van der Waals surface area contributed by atoms with Gasteiger partial charge in [-0.2, -0.15) is 0 Å². The van der Waals surface area contributed by atoms with Gasteiger partial charge in [0.25, 0.3) is 0 Å².